The van der Waals surface area contributed by atoms with Crippen molar-refractivity contribution in [3.8, 4) is 5.75 Å². The predicted octanol–water partition coefficient (Wildman–Crippen LogP) is 6.61. The molecule has 2 rings (SSSR count). The number of hydrogen-bond acceptors (Lipinski definition) is 3. The number of halogens is 5. The molecule has 3 nitrogen and oxygen atoms in total. The molecule has 2 aromatic carbocycles. The van der Waals surface area contributed by atoms with Crippen LogP contribution in [0.15, 0.2) is 40.9 Å². The van der Waals surface area contributed by atoms with Gasteiger partial charge in [0.05, 0.1) is 0 Å². The number of hydrogen-bond donors (Lipinski definition) is 1. The molecule has 0 bridgehead atoms. The first-order valence-corrected chi connectivity index (χ1v) is 10.4. The molecule has 0 saturated heterocycles. The van der Waals surface area contributed by atoms with Crippen LogP contribution in [0.3, 0.4) is 0 Å². The second kappa shape index (κ2) is 14.7. The van der Waals surface area contributed by atoms with Gasteiger partial charge in [0.2, 0.25) is 0 Å². The molecular weight excluding hydrogens is 506 g/mol. The Kier molecular flexibility index (Phi) is 14.6. The molecule has 158 valence electrons. The van der Waals surface area contributed by atoms with E-state index in [2.05, 4.69) is 46.1 Å². The summed E-state index contributed by atoms with van der Waals surface area (Å²) in [7, 11) is 0. The normalized spacial score (nSPS) is 10.4. The molecule has 0 aliphatic rings. The molecule has 0 radical (unpaired) electrons. The summed E-state index contributed by atoms with van der Waals surface area (Å²) in [6, 6.07) is 11.5. The fourth-order valence-electron chi connectivity index (χ4n) is 2.62. The number of likely N-dealkylation sites (N-methyl/N-ethyl adjacent to an activating group) is 1. The van der Waals surface area contributed by atoms with Crippen molar-refractivity contribution in [2.75, 3.05) is 26.2 Å². The maximum atomic E-state index is 6.23. The molecule has 1 N–H and O–H groups in total. The first-order valence-electron chi connectivity index (χ1n) is 8.81. The summed E-state index contributed by atoms with van der Waals surface area (Å²) in [4.78, 5) is 2.40. The lowest BCUT2D eigenvalue weighted by atomic mass is 10.2. The van der Waals surface area contributed by atoms with Crippen molar-refractivity contribution in [3.05, 3.63) is 62.0 Å². The number of ether oxygens (including phenoxy) is 1. The smallest absolute Gasteiger partial charge is 0.124 e. The Morgan fingerprint density at radius 3 is 2.36 bits per heavy atom. The third kappa shape index (κ3) is 9.08. The lowest BCUT2D eigenvalue weighted by Crippen LogP contribution is -2.31. The molecule has 2 aromatic rings. The zero-order chi connectivity index (χ0) is 18.9. The van der Waals surface area contributed by atoms with Gasteiger partial charge in [0, 0.05) is 45.3 Å². The SMILES string of the molecule is CCN(CC)CCNCc1cc(Br)ccc1OCc1ccc(Cl)cc1Cl.Cl.Cl. The summed E-state index contributed by atoms with van der Waals surface area (Å²) in [5, 5.41) is 4.74. The van der Waals surface area contributed by atoms with Crippen molar-refractivity contribution in [1.82, 2.24) is 10.2 Å². The van der Waals surface area contributed by atoms with E-state index in [0.717, 1.165) is 54.1 Å². The molecule has 0 unspecified atom stereocenters. The number of rotatable bonds is 10. The summed E-state index contributed by atoms with van der Waals surface area (Å²) >= 11 is 15.7. The van der Waals surface area contributed by atoms with E-state index in [1.807, 2.05) is 24.3 Å². The van der Waals surface area contributed by atoms with E-state index in [0.29, 0.717) is 16.7 Å². The Bertz CT molecular complexity index is 715. The van der Waals surface area contributed by atoms with Crippen LogP contribution in [-0.4, -0.2) is 31.1 Å². The second-order valence-corrected chi connectivity index (χ2v) is 7.74. The fourth-order valence-corrected chi connectivity index (χ4v) is 3.49. The summed E-state index contributed by atoms with van der Waals surface area (Å²) < 4.78 is 7.06. The molecule has 0 aliphatic carbocycles. The first-order chi connectivity index (χ1) is 12.5. The van der Waals surface area contributed by atoms with Crippen molar-refractivity contribution >= 4 is 63.9 Å². The Labute approximate surface area is 199 Å². The highest BCUT2D eigenvalue weighted by molar-refractivity contribution is 9.10. The van der Waals surface area contributed by atoms with Gasteiger partial charge < -0.3 is 15.0 Å². The lowest BCUT2D eigenvalue weighted by Gasteiger charge is -2.18. The van der Waals surface area contributed by atoms with Crippen molar-refractivity contribution < 1.29 is 4.74 Å². The molecule has 0 spiro atoms. The average Bonchev–Trinajstić information content (AvgIpc) is 2.62. The van der Waals surface area contributed by atoms with Gasteiger partial charge in [-0.15, -0.1) is 24.8 Å². The average molecular weight is 533 g/mol. The van der Waals surface area contributed by atoms with Crippen LogP contribution < -0.4 is 10.1 Å². The molecule has 0 atom stereocenters. The van der Waals surface area contributed by atoms with E-state index >= 15 is 0 Å². The van der Waals surface area contributed by atoms with Gasteiger partial charge in [0.25, 0.3) is 0 Å². The van der Waals surface area contributed by atoms with Crippen LogP contribution in [-0.2, 0) is 13.2 Å². The Balaban J connectivity index is 0.00000364. The molecule has 0 aliphatic heterocycles. The fraction of sp³-hybridized carbons (Fsp3) is 0.400. The highest BCUT2D eigenvalue weighted by Crippen LogP contribution is 2.26. The van der Waals surface area contributed by atoms with E-state index in [1.165, 1.54) is 0 Å². The largest absolute Gasteiger partial charge is 0.489 e. The minimum absolute atomic E-state index is 0. The van der Waals surface area contributed by atoms with E-state index in [1.54, 1.807) is 6.07 Å². The maximum absolute atomic E-state index is 6.23. The van der Waals surface area contributed by atoms with Crippen LogP contribution in [0.2, 0.25) is 10.0 Å². The molecule has 0 aromatic heterocycles. The summed E-state index contributed by atoms with van der Waals surface area (Å²) in [6.07, 6.45) is 0. The van der Waals surface area contributed by atoms with Gasteiger partial charge in [-0.3, -0.25) is 0 Å². The van der Waals surface area contributed by atoms with Gasteiger partial charge in [0.1, 0.15) is 12.4 Å². The quantitative estimate of drug-likeness (QED) is 0.348. The van der Waals surface area contributed by atoms with Crippen LogP contribution in [0.1, 0.15) is 25.0 Å². The molecule has 28 heavy (non-hydrogen) atoms. The van der Waals surface area contributed by atoms with E-state index < -0.39 is 0 Å². The van der Waals surface area contributed by atoms with E-state index in [-0.39, 0.29) is 24.8 Å². The number of benzene rings is 2. The zero-order valence-electron chi connectivity index (χ0n) is 16.0. The summed E-state index contributed by atoms with van der Waals surface area (Å²) in [5.41, 5.74) is 2.03. The minimum atomic E-state index is 0. The Hall–Kier alpha value is -0.200. The molecule has 0 amide bonds. The van der Waals surface area contributed by atoms with Crippen LogP contribution in [0.25, 0.3) is 0 Å². The third-order valence-electron chi connectivity index (χ3n) is 4.24. The topological polar surface area (TPSA) is 24.5 Å². The highest BCUT2D eigenvalue weighted by atomic mass is 79.9. The van der Waals surface area contributed by atoms with Crippen molar-refractivity contribution in [2.45, 2.75) is 27.0 Å². The summed E-state index contributed by atoms with van der Waals surface area (Å²) in [5.74, 6) is 0.856. The first kappa shape index (κ1) is 27.8. The molecule has 0 fully saturated rings. The van der Waals surface area contributed by atoms with Crippen molar-refractivity contribution in [1.29, 1.82) is 0 Å². The molecule has 0 saturated carbocycles. The number of nitrogens with zero attached hydrogens (tertiary/aromatic N) is 1. The predicted molar refractivity (Wildman–Crippen MR) is 129 cm³/mol. The van der Waals surface area contributed by atoms with Crippen LogP contribution in [0.5, 0.6) is 5.75 Å². The van der Waals surface area contributed by atoms with Gasteiger partial charge in [-0.1, -0.05) is 59.0 Å². The van der Waals surface area contributed by atoms with Gasteiger partial charge in [-0.25, -0.2) is 0 Å². The highest BCUT2D eigenvalue weighted by Gasteiger charge is 2.08. The monoisotopic (exact) mass is 530 g/mol. The molecule has 0 heterocycles. The van der Waals surface area contributed by atoms with E-state index in [9.17, 15) is 0 Å². The van der Waals surface area contributed by atoms with Crippen molar-refractivity contribution in [3.63, 3.8) is 0 Å². The van der Waals surface area contributed by atoms with Gasteiger partial charge in [-0.05, 0) is 43.4 Å². The lowest BCUT2D eigenvalue weighted by molar-refractivity contribution is 0.296. The van der Waals surface area contributed by atoms with Gasteiger partial charge in [-0.2, -0.15) is 0 Å². The zero-order valence-corrected chi connectivity index (χ0v) is 20.7. The Morgan fingerprint density at radius 1 is 1.00 bits per heavy atom. The van der Waals surface area contributed by atoms with Crippen LogP contribution in [0.4, 0.5) is 0 Å². The second-order valence-electron chi connectivity index (χ2n) is 5.98. The number of nitrogens with one attached hydrogen (secondary N) is 1. The molecular formula is C20H27BrCl4N2O. The maximum Gasteiger partial charge on any atom is 0.124 e. The van der Waals surface area contributed by atoms with Crippen molar-refractivity contribution in [2.24, 2.45) is 0 Å². The van der Waals surface area contributed by atoms with Gasteiger partial charge >= 0.3 is 0 Å². The summed E-state index contributed by atoms with van der Waals surface area (Å²) in [6.45, 7) is 9.66. The third-order valence-corrected chi connectivity index (χ3v) is 5.32. The van der Waals surface area contributed by atoms with Gasteiger partial charge in [0.15, 0.2) is 0 Å². The van der Waals surface area contributed by atoms with E-state index in [4.69, 9.17) is 27.9 Å². The standard InChI is InChI=1S/C20H25BrCl2N2O.2ClH/c1-3-25(4-2)10-9-24-13-16-11-17(21)6-8-20(16)26-14-15-5-7-18(22)12-19(15)23;;/h5-8,11-12,24H,3-4,9-10,13-14H2,1-2H3;2*1H. The van der Waals surface area contributed by atoms with Crippen LogP contribution >= 0.6 is 63.9 Å². The molecule has 8 heteroatoms. The minimum Gasteiger partial charge on any atom is -0.489 e. The van der Waals surface area contributed by atoms with Crippen LogP contribution in [0, 0.1) is 0 Å². The Morgan fingerprint density at radius 2 is 1.71 bits per heavy atom.